The molecule has 5 nitrogen and oxygen atoms in total. The van der Waals surface area contributed by atoms with Gasteiger partial charge in [0.1, 0.15) is 17.6 Å². The molecule has 2 fully saturated rings. The van der Waals surface area contributed by atoms with E-state index in [0.717, 1.165) is 70.6 Å². The molecule has 0 spiro atoms. The fourth-order valence-corrected chi connectivity index (χ4v) is 5.13. The van der Waals surface area contributed by atoms with Crippen LogP contribution in [0.4, 0.5) is 0 Å². The minimum absolute atomic E-state index is 0.0786. The highest BCUT2D eigenvalue weighted by Crippen LogP contribution is 2.31. The van der Waals surface area contributed by atoms with Crippen LogP contribution in [0, 0.1) is 5.92 Å². The van der Waals surface area contributed by atoms with E-state index in [1.54, 1.807) is 12.7 Å². The number of carbonyl (C=O) groups excluding carboxylic acids is 1. The highest BCUT2D eigenvalue weighted by atomic mass is 16.5. The summed E-state index contributed by atoms with van der Waals surface area (Å²) in [6.07, 6.45) is 10.3. The van der Waals surface area contributed by atoms with E-state index in [2.05, 4.69) is 24.5 Å². The summed E-state index contributed by atoms with van der Waals surface area (Å²) in [6.45, 7) is 11.1. The minimum atomic E-state index is 0.0786. The molecular weight excluding hydrogens is 400 g/mol. The SMILES string of the molecule is C=C(C)[C@@H]1CC=C(CN2CCC(Oc3cc(OC)ccc3C(=O)N3CCCC3)CC2)CC1. The van der Waals surface area contributed by atoms with E-state index in [1.807, 2.05) is 23.1 Å². The zero-order valence-electron chi connectivity index (χ0n) is 19.8. The summed E-state index contributed by atoms with van der Waals surface area (Å²) in [6, 6.07) is 5.59. The van der Waals surface area contributed by atoms with Crippen LogP contribution in [0.1, 0.15) is 62.2 Å². The average molecular weight is 439 g/mol. The molecule has 1 aromatic carbocycles. The Morgan fingerprint density at radius 3 is 2.50 bits per heavy atom. The van der Waals surface area contributed by atoms with Crippen LogP contribution in [-0.4, -0.2) is 61.6 Å². The molecular formula is C27H38N2O3. The maximum atomic E-state index is 13.0. The zero-order valence-corrected chi connectivity index (χ0v) is 19.8. The molecule has 2 heterocycles. The number of benzene rings is 1. The average Bonchev–Trinajstić information content (AvgIpc) is 3.35. The van der Waals surface area contributed by atoms with Gasteiger partial charge in [-0.3, -0.25) is 9.69 Å². The highest BCUT2D eigenvalue weighted by molar-refractivity contribution is 5.97. The van der Waals surface area contributed by atoms with E-state index in [4.69, 9.17) is 9.47 Å². The highest BCUT2D eigenvalue weighted by Gasteiger charge is 2.27. The second-order valence-corrected chi connectivity index (χ2v) is 9.63. The van der Waals surface area contributed by atoms with Crippen molar-refractivity contribution in [2.24, 2.45) is 5.92 Å². The molecule has 1 atom stereocenters. The molecule has 2 aliphatic heterocycles. The topological polar surface area (TPSA) is 42.0 Å². The molecule has 3 aliphatic rings. The van der Waals surface area contributed by atoms with Crippen molar-refractivity contribution in [2.45, 2.75) is 58.0 Å². The number of likely N-dealkylation sites (tertiary alicyclic amines) is 2. The minimum Gasteiger partial charge on any atom is -0.497 e. The van der Waals surface area contributed by atoms with Crippen LogP contribution in [0.3, 0.4) is 0 Å². The Labute approximate surface area is 193 Å². The van der Waals surface area contributed by atoms with Crippen molar-refractivity contribution >= 4 is 5.91 Å². The van der Waals surface area contributed by atoms with Crippen LogP contribution < -0.4 is 9.47 Å². The third kappa shape index (κ3) is 5.55. The number of carbonyl (C=O) groups is 1. The normalized spacial score (nSPS) is 22.5. The Bertz CT molecular complexity index is 848. The lowest BCUT2D eigenvalue weighted by molar-refractivity contribution is 0.0770. The molecule has 0 N–H and O–H groups in total. The Balaban J connectivity index is 1.33. The fraction of sp³-hybridized carbons (Fsp3) is 0.593. The van der Waals surface area contributed by atoms with Crippen LogP contribution >= 0.6 is 0 Å². The van der Waals surface area contributed by atoms with Gasteiger partial charge in [-0.15, -0.1) is 0 Å². The van der Waals surface area contributed by atoms with Crippen LogP contribution in [-0.2, 0) is 0 Å². The van der Waals surface area contributed by atoms with Gasteiger partial charge in [-0.2, -0.15) is 0 Å². The molecule has 5 heteroatoms. The van der Waals surface area contributed by atoms with E-state index in [9.17, 15) is 4.79 Å². The molecule has 1 amide bonds. The van der Waals surface area contributed by atoms with Crippen molar-refractivity contribution in [3.63, 3.8) is 0 Å². The van der Waals surface area contributed by atoms with Crippen LogP contribution in [0.25, 0.3) is 0 Å². The molecule has 0 radical (unpaired) electrons. The second-order valence-electron chi connectivity index (χ2n) is 9.63. The maximum Gasteiger partial charge on any atom is 0.257 e. The van der Waals surface area contributed by atoms with Gasteiger partial charge in [-0.25, -0.2) is 0 Å². The summed E-state index contributed by atoms with van der Waals surface area (Å²) < 4.78 is 11.8. The number of piperidine rings is 1. The number of ether oxygens (including phenoxy) is 2. The Kier molecular flexibility index (Phi) is 7.56. The van der Waals surface area contributed by atoms with Gasteiger partial charge in [0.05, 0.1) is 12.7 Å². The van der Waals surface area contributed by atoms with Crippen LogP contribution in [0.2, 0.25) is 0 Å². The van der Waals surface area contributed by atoms with E-state index in [1.165, 1.54) is 18.4 Å². The van der Waals surface area contributed by atoms with Crippen LogP contribution in [0.5, 0.6) is 11.5 Å². The number of rotatable bonds is 7. The van der Waals surface area contributed by atoms with Crippen molar-refractivity contribution in [3.05, 3.63) is 47.6 Å². The second kappa shape index (κ2) is 10.6. The summed E-state index contributed by atoms with van der Waals surface area (Å²) in [5.41, 5.74) is 3.56. The monoisotopic (exact) mass is 438 g/mol. The van der Waals surface area contributed by atoms with Crippen molar-refractivity contribution in [2.75, 3.05) is 39.8 Å². The van der Waals surface area contributed by atoms with Gasteiger partial charge >= 0.3 is 0 Å². The van der Waals surface area contributed by atoms with Crippen molar-refractivity contribution in [1.29, 1.82) is 0 Å². The number of hydrogen-bond acceptors (Lipinski definition) is 4. The summed E-state index contributed by atoms with van der Waals surface area (Å²) in [5.74, 6) is 2.14. The Morgan fingerprint density at radius 2 is 1.88 bits per heavy atom. The van der Waals surface area contributed by atoms with Gasteiger partial charge in [-0.05, 0) is 69.9 Å². The fourth-order valence-electron chi connectivity index (χ4n) is 5.13. The van der Waals surface area contributed by atoms with Gasteiger partial charge < -0.3 is 14.4 Å². The van der Waals surface area contributed by atoms with E-state index >= 15 is 0 Å². The predicted octanol–water partition coefficient (Wildman–Crippen LogP) is 5.08. The summed E-state index contributed by atoms with van der Waals surface area (Å²) in [4.78, 5) is 17.5. The third-order valence-corrected chi connectivity index (χ3v) is 7.27. The quantitative estimate of drug-likeness (QED) is 0.557. The van der Waals surface area contributed by atoms with E-state index in [0.29, 0.717) is 17.2 Å². The molecule has 0 unspecified atom stereocenters. The molecule has 32 heavy (non-hydrogen) atoms. The number of allylic oxidation sites excluding steroid dienone is 2. The predicted molar refractivity (Wildman–Crippen MR) is 128 cm³/mol. The largest absolute Gasteiger partial charge is 0.497 e. The van der Waals surface area contributed by atoms with Crippen molar-refractivity contribution in [1.82, 2.24) is 9.80 Å². The van der Waals surface area contributed by atoms with Gasteiger partial charge in [0, 0.05) is 38.8 Å². The number of hydrogen-bond donors (Lipinski definition) is 0. The zero-order chi connectivity index (χ0) is 22.5. The first-order chi connectivity index (χ1) is 15.5. The number of methoxy groups -OCH3 is 1. The molecule has 4 rings (SSSR count). The van der Waals surface area contributed by atoms with E-state index < -0.39 is 0 Å². The first-order valence-electron chi connectivity index (χ1n) is 12.2. The first-order valence-corrected chi connectivity index (χ1v) is 12.2. The van der Waals surface area contributed by atoms with Gasteiger partial charge in [-0.1, -0.05) is 23.8 Å². The van der Waals surface area contributed by atoms with Gasteiger partial charge in [0.25, 0.3) is 5.91 Å². The van der Waals surface area contributed by atoms with E-state index in [-0.39, 0.29) is 12.0 Å². The maximum absolute atomic E-state index is 13.0. The Hall–Kier alpha value is -2.27. The van der Waals surface area contributed by atoms with Crippen molar-refractivity contribution < 1.29 is 14.3 Å². The Morgan fingerprint density at radius 1 is 1.12 bits per heavy atom. The molecule has 0 aromatic heterocycles. The van der Waals surface area contributed by atoms with Gasteiger partial charge in [0.2, 0.25) is 0 Å². The lowest BCUT2D eigenvalue weighted by atomic mass is 9.85. The van der Waals surface area contributed by atoms with Crippen molar-refractivity contribution in [3.8, 4) is 11.5 Å². The molecule has 0 bridgehead atoms. The molecule has 174 valence electrons. The standard InChI is InChI=1S/C27H38N2O3/c1-20(2)22-8-6-21(7-9-22)19-28-16-12-23(13-17-28)32-26-18-24(31-3)10-11-25(26)27(30)29-14-4-5-15-29/h6,10-11,18,22-23H,1,4-5,7-9,12-17,19H2,2-3H3/t22-/m1/s1. The van der Waals surface area contributed by atoms with Gasteiger partial charge in [0.15, 0.2) is 0 Å². The molecule has 1 aliphatic carbocycles. The summed E-state index contributed by atoms with van der Waals surface area (Å²) in [5, 5.41) is 0. The number of amides is 1. The third-order valence-electron chi connectivity index (χ3n) is 7.27. The summed E-state index contributed by atoms with van der Waals surface area (Å²) in [7, 11) is 1.65. The smallest absolute Gasteiger partial charge is 0.257 e. The lowest BCUT2D eigenvalue weighted by Crippen LogP contribution is -2.39. The summed E-state index contributed by atoms with van der Waals surface area (Å²) >= 11 is 0. The van der Waals surface area contributed by atoms with Crippen LogP contribution in [0.15, 0.2) is 42.0 Å². The first kappa shape index (κ1) is 22.9. The lowest BCUT2D eigenvalue weighted by Gasteiger charge is -2.34. The molecule has 2 saturated heterocycles. The number of nitrogens with zero attached hydrogens (tertiary/aromatic N) is 2. The molecule has 0 saturated carbocycles. The molecule has 1 aromatic rings.